The van der Waals surface area contributed by atoms with Crippen LogP contribution in [0.2, 0.25) is 0 Å². The van der Waals surface area contributed by atoms with Gasteiger partial charge in [-0.15, -0.1) is 0 Å². The number of H-pyrrole nitrogens is 1. The molecule has 0 radical (unpaired) electrons. The number of nitrogens with zero attached hydrogens (tertiary/aromatic N) is 2. The third kappa shape index (κ3) is 3.66. The molecular formula is C22H18N4O3. The third-order valence-electron chi connectivity index (χ3n) is 4.55. The summed E-state index contributed by atoms with van der Waals surface area (Å²) in [4.78, 5) is 29.6. The number of amides is 1. The standard InChI is InChI=1S/C22H18N4O3/c1-14(27)16-7-9-17(10-8-16)19-11-20(28)26-21(25-19)18(13-24-26)22(29)23-12-15-5-3-2-4-6-15/h2-11,13,24,27H,1,12H2,(H,23,29). The van der Waals surface area contributed by atoms with Crippen LogP contribution in [0.25, 0.3) is 22.7 Å². The second-order valence-corrected chi connectivity index (χ2v) is 6.52. The fourth-order valence-electron chi connectivity index (χ4n) is 3.00. The lowest BCUT2D eigenvalue weighted by molar-refractivity contribution is 0.0952. The van der Waals surface area contributed by atoms with Gasteiger partial charge in [0.15, 0.2) is 5.65 Å². The van der Waals surface area contributed by atoms with Crippen LogP contribution in [0.4, 0.5) is 0 Å². The van der Waals surface area contributed by atoms with Gasteiger partial charge >= 0.3 is 0 Å². The van der Waals surface area contributed by atoms with E-state index >= 15 is 0 Å². The first-order valence-electron chi connectivity index (χ1n) is 8.95. The van der Waals surface area contributed by atoms with Gasteiger partial charge in [0.1, 0.15) is 11.3 Å². The second kappa shape index (κ2) is 7.47. The Labute approximate surface area is 166 Å². The summed E-state index contributed by atoms with van der Waals surface area (Å²) in [5.74, 6) is -0.369. The molecule has 2 aromatic carbocycles. The number of hydrogen-bond donors (Lipinski definition) is 3. The van der Waals surface area contributed by atoms with Gasteiger partial charge in [0.25, 0.3) is 11.5 Å². The first-order valence-corrected chi connectivity index (χ1v) is 8.95. The topological polar surface area (TPSA) is 99.5 Å². The van der Waals surface area contributed by atoms with Crippen LogP contribution >= 0.6 is 0 Å². The molecule has 0 aliphatic heterocycles. The maximum absolute atomic E-state index is 12.6. The van der Waals surface area contributed by atoms with Crippen molar-refractivity contribution in [2.75, 3.05) is 0 Å². The van der Waals surface area contributed by atoms with Gasteiger partial charge in [0, 0.05) is 29.9 Å². The lowest BCUT2D eigenvalue weighted by atomic mass is 10.1. The van der Waals surface area contributed by atoms with E-state index in [1.54, 1.807) is 24.3 Å². The smallest absolute Gasteiger partial charge is 0.273 e. The van der Waals surface area contributed by atoms with Crippen molar-refractivity contribution in [2.45, 2.75) is 6.54 Å². The van der Waals surface area contributed by atoms with Crippen LogP contribution < -0.4 is 10.9 Å². The number of hydrogen-bond acceptors (Lipinski definition) is 4. The summed E-state index contributed by atoms with van der Waals surface area (Å²) in [5.41, 5.74) is 2.86. The van der Waals surface area contributed by atoms with Crippen molar-refractivity contribution in [1.29, 1.82) is 0 Å². The van der Waals surface area contributed by atoms with E-state index in [1.165, 1.54) is 16.8 Å². The second-order valence-electron chi connectivity index (χ2n) is 6.52. The predicted molar refractivity (Wildman–Crippen MR) is 111 cm³/mol. The van der Waals surface area contributed by atoms with E-state index in [-0.39, 0.29) is 28.4 Å². The van der Waals surface area contributed by atoms with Crippen molar-refractivity contribution in [3.8, 4) is 11.3 Å². The molecule has 29 heavy (non-hydrogen) atoms. The van der Waals surface area contributed by atoms with Crippen molar-refractivity contribution in [3.63, 3.8) is 0 Å². The Morgan fingerprint density at radius 1 is 1.14 bits per heavy atom. The van der Waals surface area contributed by atoms with Gasteiger partial charge in [-0.3, -0.25) is 14.7 Å². The average molecular weight is 386 g/mol. The molecule has 7 nitrogen and oxygen atoms in total. The van der Waals surface area contributed by atoms with Crippen LogP contribution in [0, 0.1) is 0 Å². The number of benzene rings is 2. The van der Waals surface area contributed by atoms with Gasteiger partial charge in [0.2, 0.25) is 0 Å². The summed E-state index contributed by atoms with van der Waals surface area (Å²) < 4.78 is 1.23. The van der Waals surface area contributed by atoms with Crippen molar-refractivity contribution in [2.24, 2.45) is 0 Å². The molecule has 4 aromatic rings. The number of fused-ring (bicyclic) bond motifs is 1. The minimum Gasteiger partial charge on any atom is -0.508 e. The number of aliphatic hydroxyl groups excluding tert-OH is 1. The fraction of sp³-hybridized carbons (Fsp3) is 0.0455. The predicted octanol–water partition coefficient (Wildman–Crippen LogP) is 3.15. The Morgan fingerprint density at radius 2 is 1.86 bits per heavy atom. The Kier molecular flexibility index (Phi) is 4.70. The Balaban J connectivity index is 1.66. The molecule has 0 atom stereocenters. The maximum Gasteiger partial charge on any atom is 0.273 e. The molecule has 0 saturated heterocycles. The van der Waals surface area contributed by atoms with E-state index in [0.717, 1.165) is 5.56 Å². The number of nitrogens with one attached hydrogen (secondary N) is 2. The monoisotopic (exact) mass is 386 g/mol. The lowest BCUT2D eigenvalue weighted by Gasteiger charge is -2.06. The molecule has 0 spiro atoms. The maximum atomic E-state index is 12.6. The van der Waals surface area contributed by atoms with E-state index in [4.69, 9.17) is 0 Å². The van der Waals surface area contributed by atoms with Crippen LogP contribution in [-0.4, -0.2) is 25.6 Å². The Hall–Kier alpha value is -4.13. The van der Waals surface area contributed by atoms with E-state index in [0.29, 0.717) is 23.4 Å². The van der Waals surface area contributed by atoms with Crippen LogP contribution in [-0.2, 0) is 6.54 Å². The molecule has 1 amide bonds. The summed E-state index contributed by atoms with van der Waals surface area (Å²) in [6.07, 6.45) is 1.46. The highest BCUT2D eigenvalue weighted by Crippen LogP contribution is 2.20. The summed E-state index contributed by atoms with van der Waals surface area (Å²) in [7, 11) is 0. The summed E-state index contributed by atoms with van der Waals surface area (Å²) in [5, 5.41) is 15.1. The average Bonchev–Trinajstić information content (AvgIpc) is 3.17. The van der Waals surface area contributed by atoms with E-state index in [1.807, 2.05) is 30.3 Å². The molecule has 0 unspecified atom stereocenters. The highest BCUT2D eigenvalue weighted by Gasteiger charge is 2.16. The molecule has 0 fully saturated rings. The molecular weight excluding hydrogens is 368 g/mol. The number of rotatable bonds is 5. The van der Waals surface area contributed by atoms with Gasteiger partial charge in [0.05, 0.1) is 5.69 Å². The lowest BCUT2D eigenvalue weighted by Crippen LogP contribution is -2.23. The van der Waals surface area contributed by atoms with Gasteiger partial charge in [-0.2, -0.15) is 0 Å². The summed E-state index contributed by atoms with van der Waals surface area (Å²) >= 11 is 0. The summed E-state index contributed by atoms with van der Waals surface area (Å²) in [6, 6.07) is 17.8. The van der Waals surface area contributed by atoms with E-state index in [2.05, 4.69) is 22.0 Å². The summed E-state index contributed by atoms with van der Waals surface area (Å²) in [6.45, 7) is 3.85. The molecule has 2 heterocycles. The Morgan fingerprint density at radius 3 is 2.55 bits per heavy atom. The van der Waals surface area contributed by atoms with Crippen LogP contribution in [0.1, 0.15) is 21.5 Å². The van der Waals surface area contributed by atoms with Crippen molar-refractivity contribution >= 4 is 17.3 Å². The number of aromatic nitrogens is 3. The minimum atomic E-state index is -0.331. The van der Waals surface area contributed by atoms with Crippen molar-refractivity contribution in [1.82, 2.24) is 19.9 Å². The normalized spacial score (nSPS) is 10.8. The largest absolute Gasteiger partial charge is 0.508 e. The zero-order valence-electron chi connectivity index (χ0n) is 15.4. The zero-order chi connectivity index (χ0) is 20.4. The number of aromatic amines is 1. The van der Waals surface area contributed by atoms with Gasteiger partial charge in [-0.1, -0.05) is 61.2 Å². The molecule has 2 aromatic heterocycles. The number of carbonyl (C=O) groups is 1. The van der Waals surface area contributed by atoms with Crippen LogP contribution in [0.5, 0.6) is 0 Å². The first-order chi connectivity index (χ1) is 14.0. The Bertz CT molecular complexity index is 1250. The van der Waals surface area contributed by atoms with E-state index in [9.17, 15) is 14.7 Å². The van der Waals surface area contributed by atoms with Gasteiger partial charge in [-0.05, 0) is 5.56 Å². The third-order valence-corrected chi connectivity index (χ3v) is 4.55. The minimum absolute atomic E-state index is 0.0389. The molecule has 0 saturated carbocycles. The highest BCUT2D eigenvalue weighted by molar-refractivity contribution is 5.99. The van der Waals surface area contributed by atoms with Gasteiger partial charge < -0.3 is 10.4 Å². The SMILES string of the molecule is C=C(O)c1ccc(-c2cc(=O)n3[nH]cc(C(=O)NCc4ccccc4)c3n2)cc1. The van der Waals surface area contributed by atoms with Crippen molar-refractivity contribution < 1.29 is 9.90 Å². The van der Waals surface area contributed by atoms with Crippen LogP contribution in [0.15, 0.2) is 78.2 Å². The number of carbonyl (C=O) groups excluding carboxylic acids is 1. The first kappa shape index (κ1) is 18.2. The molecule has 4 rings (SSSR count). The molecule has 0 aliphatic carbocycles. The molecule has 3 N–H and O–H groups in total. The van der Waals surface area contributed by atoms with Crippen LogP contribution in [0.3, 0.4) is 0 Å². The molecule has 7 heteroatoms. The molecule has 0 bridgehead atoms. The fourth-order valence-corrected chi connectivity index (χ4v) is 3.00. The van der Waals surface area contributed by atoms with E-state index < -0.39 is 0 Å². The molecule has 0 aliphatic rings. The van der Waals surface area contributed by atoms with Gasteiger partial charge in [-0.25, -0.2) is 9.50 Å². The van der Waals surface area contributed by atoms with Crippen molar-refractivity contribution in [3.05, 3.63) is 100 Å². The number of aliphatic hydroxyl groups is 1. The zero-order valence-corrected chi connectivity index (χ0v) is 15.4. The molecule has 144 valence electrons. The highest BCUT2D eigenvalue weighted by atomic mass is 16.3. The quantitative estimate of drug-likeness (QED) is 0.459.